The number of hydrogen-bond acceptors (Lipinski definition) is 5. The molecule has 7 heteroatoms. The summed E-state index contributed by atoms with van der Waals surface area (Å²) in [5.41, 5.74) is 1.81. The van der Waals surface area contributed by atoms with E-state index in [0.29, 0.717) is 31.0 Å². The number of hydrogen-bond donors (Lipinski definition) is 0. The van der Waals surface area contributed by atoms with Crippen LogP contribution in [0.5, 0.6) is 11.5 Å². The predicted molar refractivity (Wildman–Crippen MR) is 114 cm³/mol. The highest BCUT2D eigenvalue weighted by Gasteiger charge is 2.31. The molecule has 0 aromatic heterocycles. The zero-order chi connectivity index (χ0) is 21.1. The van der Waals surface area contributed by atoms with Gasteiger partial charge in [-0.25, -0.2) is 13.2 Å². The molecule has 0 fully saturated rings. The zero-order valence-electron chi connectivity index (χ0n) is 16.4. The molecule has 0 radical (unpaired) electrons. The molecule has 1 aliphatic rings. The van der Waals surface area contributed by atoms with E-state index in [9.17, 15) is 13.2 Å². The Morgan fingerprint density at radius 1 is 0.967 bits per heavy atom. The first-order valence-electron chi connectivity index (χ1n) is 9.65. The van der Waals surface area contributed by atoms with Crippen LogP contribution in [0.15, 0.2) is 77.7 Å². The fourth-order valence-electron chi connectivity index (χ4n) is 3.44. The molecular formula is C23H21NO5S. The molecule has 0 saturated heterocycles. The molecule has 0 bridgehead atoms. The second-order valence-electron chi connectivity index (χ2n) is 6.75. The Bertz CT molecular complexity index is 1190. The molecule has 0 saturated carbocycles. The summed E-state index contributed by atoms with van der Waals surface area (Å²) in [6.45, 7) is 2.64. The molecule has 30 heavy (non-hydrogen) atoms. The van der Waals surface area contributed by atoms with Gasteiger partial charge in [-0.05, 0) is 55.3 Å². The number of rotatable bonds is 6. The number of nitrogens with zero attached hydrogens (tertiary/aromatic N) is 1. The lowest BCUT2D eigenvalue weighted by Gasteiger charge is -2.20. The van der Waals surface area contributed by atoms with E-state index in [1.165, 1.54) is 22.5 Å². The summed E-state index contributed by atoms with van der Waals surface area (Å²) in [6.07, 6.45) is 0.658. The van der Waals surface area contributed by atoms with Crippen LogP contribution in [0.4, 0.5) is 5.69 Å². The number of benzene rings is 3. The van der Waals surface area contributed by atoms with Gasteiger partial charge in [0.1, 0.15) is 0 Å². The fraction of sp³-hybridized carbons (Fsp3) is 0.174. The summed E-state index contributed by atoms with van der Waals surface area (Å²) in [4.78, 5) is 12.7. The van der Waals surface area contributed by atoms with Gasteiger partial charge in [-0.15, -0.1) is 0 Å². The maximum atomic E-state index is 13.2. The molecule has 1 aliphatic heterocycles. The van der Waals surface area contributed by atoms with Crippen molar-refractivity contribution in [3.63, 3.8) is 0 Å². The SMILES string of the molecule is CCOc1ccccc1OC(=O)c1cccc(S(=O)(=O)N2CCc3ccccc32)c1. The van der Waals surface area contributed by atoms with Gasteiger partial charge < -0.3 is 9.47 Å². The Kier molecular flexibility index (Phi) is 5.46. The van der Waals surface area contributed by atoms with E-state index in [2.05, 4.69) is 0 Å². The van der Waals surface area contributed by atoms with Gasteiger partial charge in [-0.3, -0.25) is 4.31 Å². The van der Waals surface area contributed by atoms with E-state index >= 15 is 0 Å². The minimum atomic E-state index is -3.80. The Balaban J connectivity index is 1.61. The van der Waals surface area contributed by atoms with Crippen LogP contribution in [-0.4, -0.2) is 27.5 Å². The second-order valence-corrected chi connectivity index (χ2v) is 8.62. The van der Waals surface area contributed by atoms with Crippen molar-refractivity contribution < 1.29 is 22.7 Å². The van der Waals surface area contributed by atoms with Gasteiger partial charge in [0.15, 0.2) is 11.5 Å². The van der Waals surface area contributed by atoms with Crippen LogP contribution in [0.3, 0.4) is 0 Å². The summed E-state index contributed by atoms with van der Waals surface area (Å²) in [7, 11) is -3.80. The lowest BCUT2D eigenvalue weighted by atomic mass is 10.2. The third kappa shape index (κ3) is 3.76. The summed E-state index contributed by atoms with van der Waals surface area (Å²) < 4.78 is 38.8. The molecule has 4 rings (SSSR count). The molecule has 154 valence electrons. The third-order valence-corrected chi connectivity index (χ3v) is 6.66. The summed E-state index contributed by atoms with van der Waals surface area (Å²) >= 11 is 0. The predicted octanol–water partition coefficient (Wildman–Crippen LogP) is 4.06. The quantitative estimate of drug-likeness (QED) is 0.442. The lowest BCUT2D eigenvalue weighted by Crippen LogP contribution is -2.29. The van der Waals surface area contributed by atoms with Crippen molar-refractivity contribution >= 4 is 21.7 Å². The number of anilines is 1. The maximum absolute atomic E-state index is 13.2. The van der Waals surface area contributed by atoms with Crippen LogP contribution in [-0.2, 0) is 16.4 Å². The molecule has 3 aromatic rings. The van der Waals surface area contributed by atoms with Gasteiger partial charge in [0.25, 0.3) is 10.0 Å². The third-order valence-electron chi connectivity index (χ3n) is 4.85. The summed E-state index contributed by atoms with van der Waals surface area (Å²) in [5.74, 6) is 0.0814. The number of sulfonamides is 1. The monoisotopic (exact) mass is 423 g/mol. The van der Waals surface area contributed by atoms with Gasteiger partial charge in [-0.1, -0.05) is 36.4 Å². The Morgan fingerprint density at radius 2 is 1.70 bits per heavy atom. The van der Waals surface area contributed by atoms with Gasteiger partial charge in [0.05, 0.1) is 22.8 Å². The van der Waals surface area contributed by atoms with Crippen LogP contribution < -0.4 is 13.8 Å². The van der Waals surface area contributed by atoms with Crippen LogP contribution in [0, 0.1) is 0 Å². The Morgan fingerprint density at radius 3 is 2.50 bits per heavy atom. The van der Waals surface area contributed by atoms with Crippen LogP contribution >= 0.6 is 0 Å². The van der Waals surface area contributed by atoms with Crippen molar-refractivity contribution in [2.75, 3.05) is 17.5 Å². The topological polar surface area (TPSA) is 72.9 Å². The van der Waals surface area contributed by atoms with Crippen molar-refractivity contribution in [3.8, 4) is 11.5 Å². The maximum Gasteiger partial charge on any atom is 0.343 e. The van der Waals surface area contributed by atoms with Gasteiger partial charge >= 0.3 is 5.97 Å². The number of carbonyl (C=O) groups is 1. The molecule has 0 atom stereocenters. The molecule has 0 amide bonds. The normalized spacial score (nSPS) is 13.0. The largest absolute Gasteiger partial charge is 0.490 e. The van der Waals surface area contributed by atoms with Crippen molar-refractivity contribution in [2.45, 2.75) is 18.2 Å². The molecule has 0 unspecified atom stereocenters. The Hall–Kier alpha value is -3.32. The minimum absolute atomic E-state index is 0.0479. The molecule has 6 nitrogen and oxygen atoms in total. The van der Waals surface area contributed by atoms with E-state index < -0.39 is 16.0 Å². The lowest BCUT2D eigenvalue weighted by molar-refractivity contribution is 0.0728. The highest BCUT2D eigenvalue weighted by molar-refractivity contribution is 7.92. The standard InChI is InChI=1S/C23H21NO5S/c1-2-28-21-12-5-6-13-22(21)29-23(25)18-9-7-10-19(16-18)30(26,27)24-15-14-17-8-3-4-11-20(17)24/h3-13,16H,2,14-15H2,1H3. The van der Waals surface area contributed by atoms with Crippen molar-refractivity contribution in [2.24, 2.45) is 0 Å². The second kappa shape index (κ2) is 8.20. The van der Waals surface area contributed by atoms with Gasteiger partial charge in [0, 0.05) is 6.54 Å². The zero-order valence-corrected chi connectivity index (χ0v) is 17.3. The average Bonchev–Trinajstić information content (AvgIpc) is 3.20. The van der Waals surface area contributed by atoms with E-state index in [-0.39, 0.29) is 16.2 Å². The van der Waals surface area contributed by atoms with Crippen LogP contribution in [0.1, 0.15) is 22.8 Å². The Labute approximate surface area is 175 Å². The molecule has 0 spiro atoms. The fourth-order valence-corrected chi connectivity index (χ4v) is 4.99. The molecule has 0 aliphatic carbocycles. The van der Waals surface area contributed by atoms with Crippen molar-refractivity contribution in [3.05, 3.63) is 83.9 Å². The highest BCUT2D eigenvalue weighted by Crippen LogP contribution is 2.33. The van der Waals surface area contributed by atoms with Crippen LogP contribution in [0.25, 0.3) is 0 Å². The van der Waals surface area contributed by atoms with Crippen molar-refractivity contribution in [1.29, 1.82) is 0 Å². The molecule has 1 heterocycles. The molecule has 3 aromatic carbocycles. The highest BCUT2D eigenvalue weighted by atomic mass is 32.2. The first kappa shape index (κ1) is 20.0. The average molecular weight is 423 g/mol. The summed E-state index contributed by atoms with van der Waals surface area (Å²) in [6, 6.07) is 20.2. The number of para-hydroxylation sites is 3. The van der Waals surface area contributed by atoms with E-state index in [1.807, 2.05) is 25.1 Å². The van der Waals surface area contributed by atoms with Crippen LogP contribution in [0.2, 0.25) is 0 Å². The number of fused-ring (bicyclic) bond motifs is 1. The first-order chi connectivity index (χ1) is 14.5. The first-order valence-corrected chi connectivity index (χ1v) is 11.1. The van der Waals surface area contributed by atoms with Gasteiger partial charge in [-0.2, -0.15) is 0 Å². The van der Waals surface area contributed by atoms with E-state index in [0.717, 1.165) is 5.56 Å². The molecule has 0 N–H and O–H groups in total. The minimum Gasteiger partial charge on any atom is -0.490 e. The molecular weight excluding hydrogens is 402 g/mol. The van der Waals surface area contributed by atoms with E-state index in [1.54, 1.807) is 36.4 Å². The number of carbonyl (C=O) groups excluding carboxylic acids is 1. The smallest absolute Gasteiger partial charge is 0.343 e. The number of esters is 1. The van der Waals surface area contributed by atoms with Gasteiger partial charge in [0.2, 0.25) is 0 Å². The summed E-state index contributed by atoms with van der Waals surface area (Å²) in [5, 5.41) is 0. The number of ether oxygens (including phenoxy) is 2. The van der Waals surface area contributed by atoms with E-state index in [4.69, 9.17) is 9.47 Å². The van der Waals surface area contributed by atoms with Crippen molar-refractivity contribution in [1.82, 2.24) is 0 Å².